The smallest absolute Gasteiger partial charge is 0.124 e. The van der Waals surface area contributed by atoms with Crippen LogP contribution in [0.4, 0.5) is 4.39 Å². The molecule has 0 aliphatic rings. The average molecular weight is 378 g/mol. The maximum absolute atomic E-state index is 13.2. The summed E-state index contributed by atoms with van der Waals surface area (Å²) in [5.41, 5.74) is 6.88. The van der Waals surface area contributed by atoms with Gasteiger partial charge < -0.3 is 5.73 Å². The lowest BCUT2D eigenvalue weighted by atomic mass is 10.1. The number of nitrogens with zero attached hydrogens (tertiary/aromatic N) is 1. The topological polar surface area (TPSA) is 29.3 Å². The summed E-state index contributed by atoms with van der Waals surface area (Å²) < 4.78 is 14.7. The Morgan fingerprint density at radius 2 is 2.15 bits per heavy atom. The van der Waals surface area contributed by atoms with Crippen molar-refractivity contribution >= 4 is 38.9 Å². The van der Waals surface area contributed by atoms with Crippen LogP contribution in [0.3, 0.4) is 0 Å². The van der Waals surface area contributed by atoms with E-state index in [0.29, 0.717) is 6.54 Å². The molecule has 0 fully saturated rings. The average Bonchev–Trinajstić information content (AvgIpc) is 2.78. The molecule has 1 aromatic carbocycles. The molecular formula is C14H15BrClFN2S. The summed E-state index contributed by atoms with van der Waals surface area (Å²) in [5.74, 6) is -0.260. The molecule has 0 bridgehead atoms. The Kier molecular flexibility index (Phi) is 5.57. The summed E-state index contributed by atoms with van der Waals surface area (Å²) in [6.45, 7) is 1.21. The molecule has 6 heteroatoms. The van der Waals surface area contributed by atoms with Crippen LogP contribution in [-0.4, -0.2) is 18.5 Å². The van der Waals surface area contributed by atoms with Crippen LogP contribution >= 0.6 is 38.9 Å². The van der Waals surface area contributed by atoms with Crippen molar-refractivity contribution in [1.82, 2.24) is 4.90 Å². The molecule has 0 aliphatic heterocycles. The number of rotatable bonds is 5. The molecule has 2 rings (SSSR count). The number of likely N-dealkylation sites (N-methyl/N-ethyl adjacent to an activating group) is 1. The number of thiophene rings is 1. The first kappa shape index (κ1) is 15.9. The fraction of sp³-hybridized carbons (Fsp3) is 0.286. The summed E-state index contributed by atoms with van der Waals surface area (Å²) in [6, 6.07) is 8.62. The largest absolute Gasteiger partial charge is 0.329 e. The molecular weight excluding hydrogens is 363 g/mol. The van der Waals surface area contributed by atoms with Gasteiger partial charge in [-0.05, 0) is 36.9 Å². The van der Waals surface area contributed by atoms with E-state index in [1.807, 2.05) is 19.2 Å². The maximum Gasteiger partial charge on any atom is 0.124 e. The second-order valence-electron chi connectivity index (χ2n) is 4.54. The molecule has 1 heterocycles. The minimum absolute atomic E-state index is 0.0193. The van der Waals surface area contributed by atoms with Gasteiger partial charge in [-0.15, -0.1) is 11.3 Å². The van der Waals surface area contributed by atoms with E-state index in [1.54, 1.807) is 17.4 Å². The van der Waals surface area contributed by atoms with E-state index < -0.39 is 0 Å². The van der Waals surface area contributed by atoms with Crippen molar-refractivity contribution in [2.75, 3.05) is 13.6 Å². The van der Waals surface area contributed by atoms with Gasteiger partial charge in [0.25, 0.3) is 0 Å². The summed E-state index contributed by atoms with van der Waals surface area (Å²) in [7, 11) is 2.00. The molecule has 0 saturated carbocycles. The fourth-order valence-corrected chi connectivity index (χ4v) is 3.88. The minimum Gasteiger partial charge on any atom is -0.329 e. The van der Waals surface area contributed by atoms with Crippen LogP contribution in [0.15, 0.2) is 34.8 Å². The Bertz CT molecular complexity index is 590. The van der Waals surface area contributed by atoms with E-state index in [2.05, 4.69) is 20.8 Å². The highest BCUT2D eigenvalue weighted by atomic mass is 79.9. The van der Waals surface area contributed by atoms with E-state index >= 15 is 0 Å². The van der Waals surface area contributed by atoms with E-state index in [9.17, 15) is 4.39 Å². The van der Waals surface area contributed by atoms with Crippen LogP contribution in [0, 0.1) is 5.82 Å². The molecule has 0 radical (unpaired) electrons. The van der Waals surface area contributed by atoms with Gasteiger partial charge in [-0.1, -0.05) is 33.6 Å². The number of hydrogen-bond donors (Lipinski definition) is 1. The third kappa shape index (κ3) is 3.80. The predicted molar refractivity (Wildman–Crippen MR) is 86.7 cm³/mol. The molecule has 0 spiro atoms. The molecule has 20 heavy (non-hydrogen) atoms. The lowest BCUT2D eigenvalue weighted by Gasteiger charge is -2.27. The standard InChI is InChI=1S/C14H15BrClFN2S/c1-19(8-10-3-5-14(16)20-10)13(7-18)11-4-2-9(17)6-12(11)15/h2-6,13H,7-8,18H2,1H3. The number of hydrogen-bond acceptors (Lipinski definition) is 3. The van der Waals surface area contributed by atoms with Crippen molar-refractivity contribution in [2.45, 2.75) is 12.6 Å². The first-order chi connectivity index (χ1) is 9.51. The van der Waals surface area contributed by atoms with E-state index in [-0.39, 0.29) is 11.9 Å². The van der Waals surface area contributed by atoms with Gasteiger partial charge in [0.15, 0.2) is 0 Å². The molecule has 1 aromatic heterocycles. The lowest BCUT2D eigenvalue weighted by molar-refractivity contribution is 0.243. The molecule has 108 valence electrons. The highest BCUT2D eigenvalue weighted by Crippen LogP contribution is 2.30. The van der Waals surface area contributed by atoms with Crippen LogP contribution in [0.5, 0.6) is 0 Å². The van der Waals surface area contributed by atoms with E-state index in [4.69, 9.17) is 17.3 Å². The van der Waals surface area contributed by atoms with Crippen molar-refractivity contribution in [1.29, 1.82) is 0 Å². The first-order valence-corrected chi connectivity index (χ1v) is 8.09. The third-order valence-electron chi connectivity index (χ3n) is 3.11. The van der Waals surface area contributed by atoms with Crippen molar-refractivity contribution in [3.05, 3.63) is 55.4 Å². The van der Waals surface area contributed by atoms with Crippen molar-refractivity contribution in [3.8, 4) is 0 Å². The highest BCUT2D eigenvalue weighted by molar-refractivity contribution is 9.10. The Labute approximate surface area is 135 Å². The van der Waals surface area contributed by atoms with Gasteiger partial charge in [-0.25, -0.2) is 4.39 Å². The Hall–Kier alpha value is -0.460. The summed E-state index contributed by atoms with van der Waals surface area (Å²) >= 11 is 10.9. The van der Waals surface area contributed by atoms with Crippen LogP contribution < -0.4 is 5.73 Å². The quantitative estimate of drug-likeness (QED) is 0.835. The van der Waals surface area contributed by atoms with Crippen molar-refractivity contribution in [3.63, 3.8) is 0 Å². The van der Waals surface area contributed by atoms with Crippen LogP contribution in [0.1, 0.15) is 16.5 Å². The molecule has 0 saturated heterocycles. The van der Waals surface area contributed by atoms with Gasteiger partial charge >= 0.3 is 0 Å². The van der Waals surface area contributed by atoms with Gasteiger partial charge in [-0.3, -0.25) is 4.90 Å². The number of nitrogens with two attached hydrogens (primary N) is 1. The zero-order chi connectivity index (χ0) is 14.7. The zero-order valence-electron chi connectivity index (χ0n) is 10.9. The Morgan fingerprint density at radius 1 is 1.40 bits per heavy atom. The highest BCUT2D eigenvalue weighted by Gasteiger charge is 2.19. The van der Waals surface area contributed by atoms with E-state index in [0.717, 1.165) is 20.9 Å². The van der Waals surface area contributed by atoms with Gasteiger partial charge in [-0.2, -0.15) is 0 Å². The normalized spacial score (nSPS) is 12.9. The zero-order valence-corrected chi connectivity index (χ0v) is 14.1. The maximum atomic E-state index is 13.2. The molecule has 0 aliphatic carbocycles. The van der Waals surface area contributed by atoms with Crippen molar-refractivity contribution in [2.24, 2.45) is 5.73 Å². The van der Waals surface area contributed by atoms with Gasteiger partial charge in [0.2, 0.25) is 0 Å². The van der Waals surface area contributed by atoms with Crippen LogP contribution in [0.2, 0.25) is 4.34 Å². The number of halogens is 3. The Balaban J connectivity index is 2.18. The fourth-order valence-electron chi connectivity index (χ4n) is 2.11. The molecule has 1 unspecified atom stereocenters. The molecule has 1 atom stereocenters. The Morgan fingerprint density at radius 3 is 2.70 bits per heavy atom. The first-order valence-electron chi connectivity index (χ1n) is 6.10. The molecule has 2 N–H and O–H groups in total. The predicted octanol–water partition coefficient (Wildman–Crippen LogP) is 4.43. The van der Waals surface area contributed by atoms with Gasteiger partial charge in [0, 0.05) is 28.5 Å². The summed E-state index contributed by atoms with van der Waals surface area (Å²) in [5, 5.41) is 0. The second-order valence-corrected chi connectivity index (χ2v) is 7.19. The second kappa shape index (κ2) is 7.00. The van der Waals surface area contributed by atoms with Crippen LogP contribution in [0.25, 0.3) is 0 Å². The summed E-state index contributed by atoms with van der Waals surface area (Å²) in [4.78, 5) is 3.31. The molecule has 2 nitrogen and oxygen atoms in total. The third-order valence-corrected chi connectivity index (χ3v) is 5.01. The molecule has 0 amide bonds. The van der Waals surface area contributed by atoms with E-state index in [1.165, 1.54) is 17.0 Å². The lowest BCUT2D eigenvalue weighted by Crippen LogP contribution is -2.30. The SMILES string of the molecule is CN(Cc1ccc(Cl)s1)C(CN)c1ccc(F)cc1Br. The molecule has 2 aromatic rings. The minimum atomic E-state index is -0.260. The summed E-state index contributed by atoms with van der Waals surface area (Å²) in [6.07, 6.45) is 0. The van der Waals surface area contributed by atoms with Gasteiger partial charge in [0.05, 0.1) is 4.34 Å². The monoisotopic (exact) mass is 376 g/mol. The number of benzene rings is 1. The van der Waals surface area contributed by atoms with Gasteiger partial charge in [0.1, 0.15) is 5.82 Å². The van der Waals surface area contributed by atoms with Crippen LogP contribution in [-0.2, 0) is 6.54 Å². The van der Waals surface area contributed by atoms with Crippen molar-refractivity contribution < 1.29 is 4.39 Å².